The molecule has 0 heterocycles. The first-order valence-electron chi connectivity index (χ1n) is 6.43. The summed E-state index contributed by atoms with van der Waals surface area (Å²) in [5, 5.41) is 0. The van der Waals surface area contributed by atoms with Crippen molar-refractivity contribution in [3.05, 3.63) is 0 Å². The Balaban J connectivity index is 2.44. The fourth-order valence-electron chi connectivity index (χ4n) is 2.33. The summed E-state index contributed by atoms with van der Waals surface area (Å²) in [6, 6.07) is 0.669. The smallest absolute Gasteiger partial charge is 0.00413 e. The normalized spacial score (nSPS) is 19.2. The molecule has 0 radical (unpaired) electrons. The Morgan fingerprint density at radius 1 is 1.20 bits per heavy atom. The molecule has 2 heteroatoms. The predicted octanol–water partition coefficient (Wildman–Crippen LogP) is 2.48. The summed E-state index contributed by atoms with van der Waals surface area (Å²) in [6.45, 7) is 12.6. The van der Waals surface area contributed by atoms with E-state index in [0.29, 0.717) is 11.5 Å². The molecule has 1 rings (SSSR count). The van der Waals surface area contributed by atoms with Crippen molar-refractivity contribution in [3.8, 4) is 0 Å². The SMILES string of the molecule is CC(C)CN(CC1(CCN)CC1)C(C)C. The summed E-state index contributed by atoms with van der Waals surface area (Å²) in [6.07, 6.45) is 4.01. The average molecular weight is 212 g/mol. The van der Waals surface area contributed by atoms with Crippen molar-refractivity contribution in [1.82, 2.24) is 4.90 Å². The lowest BCUT2D eigenvalue weighted by molar-refractivity contribution is 0.155. The number of rotatable bonds is 7. The molecule has 90 valence electrons. The van der Waals surface area contributed by atoms with Crippen molar-refractivity contribution < 1.29 is 0 Å². The second kappa shape index (κ2) is 5.31. The van der Waals surface area contributed by atoms with Gasteiger partial charge in [-0.1, -0.05) is 13.8 Å². The van der Waals surface area contributed by atoms with Crippen molar-refractivity contribution in [2.45, 2.75) is 53.0 Å². The fourth-order valence-corrected chi connectivity index (χ4v) is 2.33. The molecule has 0 aromatic heterocycles. The Morgan fingerprint density at radius 3 is 2.13 bits per heavy atom. The summed E-state index contributed by atoms with van der Waals surface area (Å²) in [4.78, 5) is 2.63. The lowest BCUT2D eigenvalue weighted by Gasteiger charge is -2.32. The van der Waals surface area contributed by atoms with Crippen LogP contribution in [0.25, 0.3) is 0 Å². The predicted molar refractivity (Wildman–Crippen MR) is 66.9 cm³/mol. The highest BCUT2D eigenvalue weighted by Gasteiger charge is 2.43. The van der Waals surface area contributed by atoms with E-state index in [1.54, 1.807) is 0 Å². The van der Waals surface area contributed by atoms with Crippen molar-refractivity contribution >= 4 is 0 Å². The monoisotopic (exact) mass is 212 g/mol. The topological polar surface area (TPSA) is 29.3 Å². The van der Waals surface area contributed by atoms with Crippen molar-refractivity contribution in [1.29, 1.82) is 0 Å². The molecule has 0 atom stereocenters. The van der Waals surface area contributed by atoms with Crippen LogP contribution in [0.4, 0.5) is 0 Å². The van der Waals surface area contributed by atoms with E-state index in [1.807, 2.05) is 0 Å². The minimum absolute atomic E-state index is 0.591. The molecule has 0 amide bonds. The standard InChI is InChI=1S/C13H28N2/c1-11(2)9-15(12(3)4)10-13(5-6-13)7-8-14/h11-12H,5-10,14H2,1-4H3. The third kappa shape index (κ3) is 4.12. The van der Waals surface area contributed by atoms with Gasteiger partial charge in [-0.2, -0.15) is 0 Å². The number of hydrogen-bond donors (Lipinski definition) is 1. The van der Waals surface area contributed by atoms with Crippen LogP contribution in [0.3, 0.4) is 0 Å². The van der Waals surface area contributed by atoms with Gasteiger partial charge in [0.15, 0.2) is 0 Å². The van der Waals surface area contributed by atoms with Gasteiger partial charge in [0.1, 0.15) is 0 Å². The molecule has 2 nitrogen and oxygen atoms in total. The summed E-state index contributed by atoms with van der Waals surface area (Å²) < 4.78 is 0. The summed E-state index contributed by atoms with van der Waals surface area (Å²) >= 11 is 0. The van der Waals surface area contributed by atoms with Crippen LogP contribution in [0.5, 0.6) is 0 Å². The van der Waals surface area contributed by atoms with E-state index >= 15 is 0 Å². The van der Waals surface area contributed by atoms with E-state index in [9.17, 15) is 0 Å². The molecular weight excluding hydrogens is 184 g/mol. The minimum Gasteiger partial charge on any atom is -0.330 e. The van der Waals surface area contributed by atoms with Crippen molar-refractivity contribution in [2.24, 2.45) is 17.1 Å². The third-order valence-electron chi connectivity index (χ3n) is 3.50. The van der Waals surface area contributed by atoms with Crippen LogP contribution in [0, 0.1) is 11.3 Å². The van der Waals surface area contributed by atoms with Crippen LogP contribution in [-0.2, 0) is 0 Å². The summed E-state index contributed by atoms with van der Waals surface area (Å²) in [5.74, 6) is 0.765. The molecule has 0 aromatic rings. The Hall–Kier alpha value is -0.0800. The third-order valence-corrected chi connectivity index (χ3v) is 3.50. The van der Waals surface area contributed by atoms with Gasteiger partial charge in [0, 0.05) is 19.1 Å². The van der Waals surface area contributed by atoms with Crippen LogP contribution in [0.15, 0.2) is 0 Å². The highest BCUT2D eigenvalue weighted by molar-refractivity contribution is 4.96. The van der Waals surface area contributed by atoms with Crippen LogP contribution < -0.4 is 5.73 Å². The van der Waals surface area contributed by atoms with Crippen LogP contribution in [-0.4, -0.2) is 30.6 Å². The average Bonchev–Trinajstić information content (AvgIpc) is 2.83. The Morgan fingerprint density at radius 2 is 1.80 bits per heavy atom. The molecule has 0 unspecified atom stereocenters. The zero-order chi connectivity index (χ0) is 11.5. The minimum atomic E-state index is 0.591. The quantitative estimate of drug-likeness (QED) is 0.702. The van der Waals surface area contributed by atoms with Gasteiger partial charge in [-0.05, 0) is 51.0 Å². The highest BCUT2D eigenvalue weighted by atomic mass is 15.2. The second-order valence-corrected chi connectivity index (χ2v) is 5.96. The summed E-state index contributed by atoms with van der Waals surface area (Å²) in [5.41, 5.74) is 6.28. The first-order valence-corrected chi connectivity index (χ1v) is 6.43. The van der Waals surface area contributed by atoms with Gasteiger partial charge in [-0.25, -0.2) is 0 Å². The van der Waals surface area contributed by atoms with Gasteiger partial charge in [-0.15, -0.1) is 0 Å². The first kappa shape index (κ1) is 13.0. The molecular formula is C13H28N2. The highest BCUT2D eigenvalue weighted by Crippen LogP contribution is 2.49. The number of nitrogens with zero attached hydrogens (tertiary/aromatic N) is 1. The largest absolute Gasteiger partial charge is 0.330 e. The fraction of sp³-hybridized carbons (Fsp3) is 1.00. The molecule has 0 aromatic carbocycles. The van der Waals surface area contributed by atoms with Gasteiger partial charge in [-0.3, -0.25) is 0 Å². The lowest BCUT2D eigenvalue weighted by atomic mass is 10.0. The van der Waals surface area contributed by atoms with Gasteiger partial charge in [0.25, 0.3) is 0 Å². The Kier molecular flexibility index (Phi) is 4.60. The molecule has 1 aliphatic rings. The maximum absolute atomic E-state index is 5.69. The molecule has 1 fully saturated rings. The Bertz CT molecular complexity index is 183. The van der Waals surface area contributed by atoms with E-state index < -0.39 is 0 Å². The molecule has 15 heavy (non-hydrogen) atoms. The number of nitrogens with two attached hydrogens (primary N) is 1. The van der Waals surface area contributed by atoms with Gasteiger partial charge in [0.05, 0.1) is 0 Å². The number of hydrogen-bond acceptors (Lipinski definition) is 2. The molecule has 0 saturated heterocycles. The molecule has 0 aliphatic heterocycles. The molecule has 1 saturated carbocycles. The van der Waals surface area contributed by atoms with E-state index in [4.69, 9.17) is 5.73 Å². The van der Waals surface area contributed by atoms with E-state index in [0.717, 1.165) is 12.5 Å². The second-order valence-electron chi connectivity index (χ2n) is 5.96. The first-order chi connectivity index (χ1) is 6.99. The van der Waals surface area contributed by atoms with E-state index in [-0.39, 0.29) is 0 Å². The summed E-state index contributed by atoms with van der Waals surface area (Å²) in [7, 11) is 0. The van der Waals surface area contributed by atoms with Gasteiger partial charge in [0.2, 0.25) is 0 Å². The molecule has 2 N–H and O–H groups in total. The van der Waals surface area contributed by atoms with Gasteiger partial charge < -0.3 is 10.6 Å². The van der Waals surface area contributed by atoms with Crippen molar-refractivity contribution in [2.75, 3.05) is 19.6 Å². The van der Waals surface area contributed by atoms with Gasteiger partial charge >= 0.3 is 0 Å². The van der Waals surface area contributed by atoms with E-state index in [2.05, 4.69) is 32.6 Å². The van der Waals surface area contributed by atoms with Crippen LogP contribution in [0.2, 0.25) is 0 Å². The molecule has 0 spiro atoms. The lowest BCUT2D eigenvalue weighted by Crippen LogP contribution is -2.39. The molecule has 1 aliphatic carbocycles. The zero-order valence-electron chi connectivity index (χ0n) is 10.9. The Labute approximate surface area is 95.2 Å². The zero-order valence-corrected chi connectivity index (χ0v) is 10.9. The van der Waals surface area contributed by atoms with Crippen LogP contribution in [0.1, 0.15) is 47.0 Å². The molecule has 0 bridgehead atoms. The van der Waals surface area contributed by atoms with Crippen LogP contribution >= 0.6 is 0 Å². The van der Waals surface area contributed by atoms with Crippen molar-refractivity contribution in [3.63, 3.8) is 0 Å². The maximum Gasteiger partial charge on any atom is 0.00413 e. The van der Waals surface area contributed by atoms with E-state index in [1.165, 1.54) is 32.4 Å². The maximum atomic E-state index is 5.69.